The number of hydrogen-bond acceptors (Lipinski definition) is 2. The number of carboxylic acid groups (broad SMARTS) is 1. The van der Waals surface area contributed by atoms with Crippen molar-refractivity contribution >= 4 is 22.8 Å². The van der Waals surface area contributed by atoms with E-state index in [1.54, 1.807) is 18.2 Å². The summed E-state index contributed by atoms with van der Waals surface area (Å²) in [5.41, 5.74) is 1.24. The first kappa shape index (κ1) is 14.5. The molecular formula is C16H16O3. The molecule has 0 aromatic heterocycles. The lowest BCUT2D eigenvalue weighted by Crippen LogP contribution is -1.92. The summed E-state index contributed by atoms with van der Waals surface area (Å²) >= 11 is 0. The van der Waals surface area contributed by atoms with Crippen molar-refractivity contribution in [1.29, 1.82) is 0 Å². The van der Waals surface area contributed by atoms with Crippen LogP contribution in [0.4, 0.5) is 0 Å². The largest absolute Gasteiger partial charge is 0.508 e. The molecule has 0 bridgehead atoms. The van der Waals surface area contributed by atoms with Crippen LogP contribution >= 0.6 is 0 Å². The second-order valence-electron chi connectivity index (χ2n) is 4.08. The number of hydrogen-bond donors (Lipinski definition) is 2. The third kappa shape index (κ3) is 4.32. The second-order valence-corrected chi connectivity index (χ2v) is 4.08. The number of phenols is 1. The van der Waals surface area contributed by atoms with E-state index < -0.39 is 5.97 Å². The van der Waals surface area contributed by atoms with Gasteiger partial charge in [-0.2, -0.15) is 0 Å². The molecule has 2 N–H and O–H groups in total. The van der Waals surface area contributed by atoms with Gasteiger partial charge in [0.25, 0.3) is 0 Å². The number of aliphatic carboxylic acids is 1. The van der Waals surface area contributed by atoms with Crippen LogP contribution in [0.3, 0.4) is 0 Å². The second kappa shape index (κ2) is 6.40. The number of rotatable bonds is 2. The summed E-state index contributed by atoms with van der Waals surface area (Å²) in [6.07, 6.45) is 1.80. The van der Waals surface area contributed by atoms with Crippen molar-refractivity contribution in [2.45, 2.75) is 6.92 Å². The summed E-state index contributed by atoms with van der Waals surface area (Å²) in [5.74, 6) is -0.635. The molecule has 2 aromatic rings. The maximum atomic E-state index is 9.60. The smallest absolute Gasteiger partial charge is 0.330 e. The minimum Gasteiger partial charge on any atom is -0.508 e. The van der Waals surface area contributed by atoms with Gasteiger partial charge in [0.05, 0.1) is 0 Å². The number of carboxylic acids is 1. The van der Waals surface area contributed by atoms with Crippen molar-refractivity contribution in [2.75, 3.05) is 0 Å². The summed E-state index contributed by atoms with van der Waals surface area (Å²) in [6, 6.07) is 11.4. The van der Waals surface area contributed by atoms with Crippen LogP contribution in [0.2, 0.25) is 0 Å². The number of fused-ring (bicyclic) bond motifs is 1. The van der Waals surface area contributed by atoms with Crippen molar-refractivity contribution in [2.24, 2.45) is 0 Å². The van der Waals surface area contributed by atoms with Crippen LogP contribution in [0.5, 0.6) is 5.75 Å². The summed E-state index contributed by atoms with van der Waals surface area (Å²) in [6.45, 7) is 8.30. The summed E-state index contributed by atoms with van der Waals surface area (Å²) in [4.78, 5) is 9.60. The van der Waals surface area contributed by atoms with Gasteiger partial charge in [0, 0.05) is 5.57 Å². The zero-order valence-corrected chi connectivity index (χ0v) is 10.8. The first-order valence-corrected chi connectivity index (χ1v) is 5.68. The zero-order chi connectivity index (χ0) is 14.4. The molecule has 0 heterocycles. The molecule has 0 aliphatic carbocycles. The Bertz CT molecular complexity index is 615. The van der Waals surface area contributed by atoms with Gasteiger partial charge in [-0.3, -0.25) is 0 Å². The fraction of sp³-hybridized carbons (Fsp3) is 0.0625. The lowest BCUT2D eigenvalue weighted by molar-refractivity contribution is -0.132. The number of phenolic OH excluding ortho intramolecular Hbond substituents is 1. The molecule has 0 aliphatic heterocycles. The van der Waals surface area contributed by atoms with Gasteiger partial charge in [0.2, 0.25) is 0 Å². The SMILES string of the molecule is C=C(C)C(=O)O.C=Cc1ccc2ccc(O)cc2c1. The van der Waals surface area contributed by atoms with Gasteiger partial charge in [-0.25, -0.2) is 4.79 Å². The molecule has 0 aliphatic rings. The fourth-order valence-corrected chi connectivity index (χ4v) is 1.38. The third-order valence-corrected chi connectivity index (χ3v) is 2.45. The maximum Gasteiger partial charge on any atom is 0.330 e. The summed E-state index contributed by atoms with van der Waals surface area (Å²) in [5, 5.41) is 19.3. The number of carbonyl (C=O) groups is 1. The van der Waals surface area contributed by atoms with Crippen LogP contribution in [0.25, 0.3) is 16.8 Å². The van der Waals surface area contributed by atoms with Gasteiger partial charge >= 0.3 is 5.97 Å². The lowest BCUT2D eigenvalue weighted by atomic mass is 10.1. The van der Waals surface area contributed by atoms with Gasteiger partial charge in [0.1, 0.15) is 5.75 Å². The molecule has 0 radical (unpaired) electrons. The number of aromatic hydroxyl groups is 1. The van der Waals surface area contributed by atoms with Crippen molar-refractivity contribution < 1.29 is 15.0 Å². The predicted molar refractivity (Wildman–Crippen MR) is 78.2 cm³/mol. The van der Waals surface area contributed by atoms with Crippen molar-refractivity contribution in [1.82, 2.24) is 0 Å². The van der Waals surface area contributed by atoms with E-state index in [-0.39, 0.29) is 5.57 Å². The summed E-state index contributed by atoms with van der Waals surface area (Å²) < 4.78 is 0. The topological polar surface area (TPSA) is 57.5 Å². The molecule has 0 fully saturated rings. The average molecular weight is 256 g/mol. The normalized spacial score (nSPS) is 9.32. The van der Waals surface area contributed by atoms with Crippen molar-refractivity contribution in [3.8, 4) is 5.75 Å². The molecule has 0 spiro atoms. The molecule has 0 atom stereocenters. The van der Waals surface area contributed by atoms with Crippen LogP contribution in [-0.4, -0.2) is 16.2 Å². The average Bonchev–Trinajstić information content (AvgIpc) is 2.38. The highest BCUT2D eigenvalue weighted by Gasteiger charge is 1.95. The first-order valence-electron chi connectivity index (χ1n) is 5.68. The fourth-order valence-electron chi connectivity index (χ4n) is 1.38. The van der Waals surface area contributed by atoms with E-state index in [2.05, 4.69) is 13.2 Å². The molecule has 2 rings (SSSR count). The molecule has 0 saturated heterocycles. The number of benzene rings is 2. The minimum absolute atomic E-state index is 0.176. The maximum absolute atomic E-state index is 9.60. The van der Waals surface area contributed by atoms with E-state index >= 15 is 0 Å². The van der Waals surface area contributed by atoms with E-state index in [1.165, 1.54) is 6.92 Å². The Morgan fingerprint density at radius 3 is 2.26 bits per heavy atom. The Morgan fingerprint density at radius 2 is 1.74 bits per heavy atom. The highest BCUT2D eigenvalue weighted by molar-refractivity contribution is 5.86. The highest BCUT2D eigenvalue weighted by atomic mass is 16.4. The van der Waals surface area contributed by atoms with Crippen LogP contribution in [0.1, 0.15) is 12.5 Å². The van der Waals surface area contributed by atoms with Crippen LogP contribution < -0.4 is 0 Å². The molecule has 2 aromatic carbocycles. The molecular weight excluding hydrogens is 240 g/mol. The van der Waals surface area contributed by atoms with Crippen molar-refractivity contribution in [3.63, 3.8) is 0 Å². The Labute approximate surface area is 112 Å². The van der Waals surface area contributed by atoms with E-state index in [1.807, 2.05) is 24.3 Å². The van der Waals surface area contributed by atoms with E-state index in [0.29, 0.717) is 5.75 Å². The quantitative estimate of drug-likeness (QED) is 0.803. The van der Waals surface area contributed by atoms with Crippen LogP contribution in [-0.2, 0) is 4.79 Å². The zero-order valence-electron chi connectivity index (χ0n) is 10.8. The van der Waals surface area contributed by atoms with Crippen LogP contribution in [0.15, 0.2) is 55.1 Å². The Kier molecular flexibility index (Phi) is 4.89. The van der Waals surface area contributed by atoms with Gasteiger partial charge in [-0.15, -0.1) is 0 Å². The van der Waals surface area contributed by atoms with Gasteiger partial charge in [-0.1, -0.05) is 37.4 Å². The molecule has 0 unspecified atom stereocenters. The molecule has 98 valence electrons. The molecule has 3 nitrogen and oxygen atoms in total. The Hall–Kier alpha value is -2.55. The monoisotopic (exact) mass is 256 g/mol. The standard InChI is InChI=1S/C12H10O.C4H6O2/c1-2-9-3-4-10-5-6-12(13)8-11(10)7-9;1-3(2)4(5)6/h2-8,13H,1H2;1H2,2H3,(H,5,6). The van der Waals surface area contributed by atoms with Crippen molar-refractivity contribution in [3.05, 3.63) is 60.7 Å². The molecule has 19 heavy (non-hydrogen) atoms. The van der Waals surface area contributed by atoms with Gasteiger partial charge in [-0.05, 0) is 41.5 Å². The Balaban J connectivity index is 0.000000258. The van der Waals surface area contributed by atoms with Crippen LogP contribution in [0, 0.1) is 0 Å². The van der Waals surface area contributed by atoms with E-state index in [4.69, 9.17) is 5.11 Å². The third-order valence-electron chi connectivity index (χ3n) is 2.45. The van der Waals surface area contributed by atoms with Gasteiger partial charge in [0.15, 0.2) is 0 Å². The Morgan fingerprint density at radius 1 is 1.16 bits per heavy atom. The van der Waals surface area contributed by atoms with E-state index in [9.17, 15) is 9.90 Å². The first-order chi connectivity index (χ1) is 8.93. The van der Waals surface area contributed by atoms with E-state index in [0.717, 1.165) is 16.3 Å². The molecule has 3 heteroatoms. The predicted octanol–water partition coefficient (Wildman–Crippen LogP) is 3.84. The highest BCUT2D eigenvalue weighted by Crippen LogP contribution is 2.21. The van der Waals surface area contributed by atoms with Gasteiger partial charge < -0.3 is 10.2 Å². The lowest BCUT2D eigenvalue weighted by Gasteiger charge is -1.99. The molecule has 0 saturated carbocycles. The minimum atomic E-state index is -0.935. The molecule has 0 amide bonds. The summed E-state index contributed by atoms with van der Waals surface area (Å²) in [7, 11) is 0.